The third kappa shape index (κ3) is 5.08. The van der Waals surface area contributed by atoms with Crippen LogP contribution < -0.4 is 0 Å². The molecule has 3 rings (SSSR count). The van der Waals surface area contributed by atoms with Gasteiger partial charge in [-0.1, -0.05) is 50.2 Å². The molecule has 156 valence electrons. The van der Waals surface area contributed by atoms with Crippen LogP contribution in [0.3, 0.4) is 0 Å². The van der Waals surface area contributed by atoms with E-state index in [4.69, 9.17) is 4.42 Å². The summed E-state index contributed by atoms with van der Waals surface area (Å²) in [5.41, 5.74) is 1.56. The Kier molecular flexibility index (Phi) is 7.26. The van der Waals surface area contributed by atoms with Crippen molar-refractivity contribution in [1.29, 1.82) is 5.26 Å². The maximum atomic E-state index is 12.8. The Morgan fingerprint density at radius 3 is 2.50 bits per heavy atom. The summed E-state index contributed by atoms with van der Waals surface area (Å²) in [5, 5.41) is 17.4. The van der Waals surface area contributed by atoms with Gasteiger partial charge < -0.3 is 4.42 Å². The summed E-state index contributed by atoms with van der Waals surface area (Å²) in [6.07, 6.45) is 0.553. The van der Waals surface area contributed by atoms with Gasteiger partial charge in [0.15, 0.2) is 0 Å². The summed E-state index contributed by atoms with van der Waals surface area (Å²) >= 11 is 1.19. The molecule has 0 amide bonds. The minimum absolute atomic E-state index is 0.176. The number of hydrogen-bond acceptors (Lipinski definition) is 7. The Balaban J connectivity index is 1.78. The molecule has 0 fully saturated rings. The van der Waals surface area contributed by atoms with Crippen LogP contribution in [-0.4, -0.2) is 41.3 Å². The SMILES string of the molecule is CCN(CC)S(=O)(=O)c1cccc(-c2nnc(S[C@@H](C#N)Cc3ccccc3)o2)c1. The number of aromatic nitrogens is 2. The van der Waals surface area contributed by atoms with Crippen molar-refractivity contribution in [2.75, 3.05) is 13.1 Å². The van der Waals surface area contributed by atoms with Crippen molar-refractivity contribution in [3.63, 3.8) is 0 Å². The minimum Gasteiger partial charge on any atom is -0.411 e. The fourth-order valence-corrected chi connectivity index (χ4v) is 5.23. The predicted molar refractivity (Wildman–Crippen MR) is 115 cm³/mol. The van der Waals surface area contributed by atoms with E-state index in [0.717, 1.165) is 5.56 Å². The summed E-state index contributed by atoms with van der Waals surface area (Å²) in [7, 11) is -3.59. The second kappa shape index (κ2) is 9.89. The van der Waals surface area contributed by atoms with Crippen LogP contribution in [0.15, 0.2) is 69.1 Å². The molecule has 0 N–H and O–H groups in total. The highest BCUT2D eigenvalue weighted by Crippen LogP contribution is 2.29. The van der Waals surface area contributed by atoms with E-state index in [9.17, 15) is 13.7 Å². The summed E-state index contributed by atoms with van der Waals surface area (Å²) in [4.78, 5) is 0.176. The van der Waals surface area contributed by atoms with Gasteiger partial charge in [0.1, 0.15) is 5.25 Å². The number of nitrogens with zero attached hydrogens (tertiary/aromatic N) is 4. The van der Waals surface area contributed by atoms with E-state index in [1.807, 2.05) is 30.3 Å². The van der Waals surface area contributed by atoms with E-state index in [1.54, 1.807) is 32.0 Å². The molecule has 3 aromatic rings. The molecule has 9 heteroatoms. The number of rotatable bonds is 9. The quantitative estimate of drug-likeness (QED) is 0.462. The molecule has 30 heavy (non-hydrogen) atoms. The second-order valence-electron chi connectivity index (χ2n) is 6.42. The maximum absolute atomic E-state index is 12.8. The minimum atomic E-state index is -3.59. The van der Waals surface area contributed by atoms with Crippen molar-refractivity contribution in [2.45, 2.75) is 35.6 Å². The Morgan fingerprint density at radius 1 is 1.10 bits per heavy atom. The van der Waals surface area contributed by atoms with Crippen molar-refractivity contribution in [1.82, 2.24) is 14.5 Å². The van der Waals surface area contributed by atoms with E-state index in [0.29, 0.717) is 25.1 Å². The highest BCUT2D eigenvalue weighted by Gasteiger charge is 2.23. The van der Waals surface area contributed by atoms with Crippen LogP contribution in [0.5, 0.6) is 0 Å². The Morgan fingerprint density at radius 2 is 1.83 bits per heavy atom. The van der Waals surface area contributed by atoms with Crippen LogP contribution >= 0.6 is 11.8 Å². The van der Waals surface area contributed by atoms with Crippen LogP contribution in [0, 0.1) is 11.3 Å². The first-order valence-electron chi connectivity index (χ1n) is 9.52. The average Bonchev–Trinajstić information content (AvgIpc) is 3.23. The van der Waals surface area contributed by atoms with Gasteiger partial charge in [0.2, 0.25) is 15.9 Å². The van der Waals surface area contributed by atoms with E-state index < -0.39 is 10.0 Å². The third-order valence-electron chi connectivity index (χ3n) is 4.48. The van der Waals surface area contributed by atoms with Gasteiger partial charge in [0, 0.05) is 18.7 Å². The molecule has 2 aromatic carbocycles. The molecule has 0 aliphatic heterocycles. The highest BCUT2D eigenvalue weighted by atomic mass is 32.2. The standard InChI is InChI=1S/C21H22N4O3S2/c1-3-25(4-2)30(26,27)19-12-8-11-17(14-19)20-23-24-21(28-20)29-18(15-22)13-16-9-6-5-7-10-16/h5-12,14,18H,3-4,13H2,1-2H3/t18-/m1/s1. The molecule has 7 nitrogen and oxygen atoms in total. The van der Waals surface area contributed by atoms with Crippen LogP contribution in [-0.2, 0) is 16.4 Å². The molecule has 0 aliphatic rings. The Labute approximate surface area is 180 Å². The lowest BCUT2D eigenvalue weighted by Gasteiger charge is -2.18. The lowest BCUT2D eigenvalue weighted by atomic mass is 10.1. The first kappa shape index (κ1) is 22.0. The zero-order valence-corrected chi connectivity index (χ0v) is 18.4. The molecule has 0 unspecified atom stereocenters. The van der Waals surface area contributed by atoms with Crippen molar-refractivity contribution in [2.24, 2.45) is 0 Å². The van der Waals surface area contributed by atoms with Gasteiger partial charge >= 0.3 is 0 Å². The lowest BCUT2D eigenvalue weighted by molar-refractivity contribution is 0.445. The van der Waals surface area contributed by atoms with E-state index in [2.05, 4.69) is 16.3 Å². The topological polar surface area (TPSA) is 100 Å². The molecular formula is C21H22N4O3S2. The molecule has 0 aliphatic carbocycles. The van der Waals surface area contributed by atoms with E-state index >= 15 is 0 Å². The van der Waals surface area contributed by atoms with Gasteiger partial charge in [-0.2, -0.15) is 9.57 Å². The fraction of sp³-hybridized carbons (Fsp3) is 0.286. The van der Waals surface area contributed by atoms with E-state index in [-0.39, 0.29) is 21.3 Å². The van der Waals surface area contributed by atoms with Crippen LogP contribution in [0.4, 0.5) is 0 Å². The smallest absolute Gasteiger partial charge is 0.278 e. The first-order valence-corrected chi connectivity index (χ1v) is 11.8. The molecule has 0 bridgehead atoms. The molecule has 0 saturated carbocycles. The van der Waals surface area contributed by atoms with Crippen molar-refractivity contribution < 1.29 is 12.8 Å². The van der Waals surface area contributed by atoms with Gasteiger partial charge in [-0.3, -0.25) is 0 Å². The number of nitriles is 1. The van der Waals surface area contributed by atoms with Crippen LogP contribution in [0.1, 0.15) is 19.4 Å². The maximum Gasteiger partial charge on any atom is 0.278 e. The number of thioether (sulfide) groups is 1. The van der Waals surface area contributed by atoms with Crippen LogP contribution in [0.25, 0.3) is 11.5 Å². The monoisotopic (exact) mass is 442 g/mol. The van der Waals surface area contributed by atoms with Crippen LogP contribution in [0.2, 0.25) is 0 Å². The van der Waals surface area contributed by atoms with Gasteiger partial charge in [-0.25, -0.2) is 8.42 Å². The second-order valence-corrected chi connectivity index (χ2v) is 9.51. The Hall–Kier alpha value is -2.67. The molecule has 0 saturated heterocycles. The number of hydrogen-bond donors (Lipinski definition) is 0. The summed E-state index contributed by atoms with van der Waals surface area (Å²) in [6, 6.07) is 18.4. The average molecular weight is 443 g/mol. The predicted octanol–water partition coefficient (Wildman–Crippen LogP) is 3.99. The van der Waals surface area contributed by atoms with E-state index in [1.165, 1.54) is 22.1 Å². The first-order chi connectivity index (χ1) is 14.5. The van der Waals surface area contributed by atoms with Gasteiger partial charge in [-0.15, -0.1) is 10.2 Å². The normalized spacial score (nSPS) is 12.6. The number of benzene rings is 2. The van der Waals surface area contributed by atoms with Crippen molar-refractivity contribution in [3.05, 3.63) is 60.2 Å². The van der Waals surface area contributed by atoms with Crippen molar-refractivity contribution in [3.8, 4) is 17.5 Å². The fourth-order valence-electron chi connectivity index (χ4n) is 2.94. The molecular weight excluding hydrogens is 420 g/mol. The largest absolute Gasteiger partial charge is 0.411 e. The highest BCUT2D eigenvalue weighted by molar-refractivity contribution is 7.99. The summed E-state index contributed by atoms with van der Waals surface area (Å²) < 4.78 is 32.6. The van der Waals surface area contributed by atoms with Crippen molar-refractivity contribution >= 4 is 21.8 Å². The molecule has 1 aromatic heterocycles. The summed E-state index contributed by atoms with van der Waals surface area (Å²) in [6.45, 7) is 4.38. The van der Waals surface area contributed by atoms with Gasteiger partial charge in [-0.05, 0) is 41.9 Å². The summed E-state index contributed by atoms with van der Waals surface area (Å²) in [5.74, 6) is 0.213. The molecule has 0 spiro atoms. The number of sulfonamides is 1. The van der Waals surface area contributed by atoms with Gasteiger partial charge in [0.05, 0.1) is 11.0 Å². The molecule has 1 heterocycles. The zero-order valence-electron chi connectivity index (χ0n) is 16.7. The molecule has 1 atom stereocenters. The lowest BCUT2D eigenvalue weighted by Crippen LogP contribution is -2.30. The Bertz CT molecular complexity index is 1120. The third-order valence-corrected chi connectivity index (χ3v) is 7.45. The zero-order chi connectivity index (χ0) is 21.6. The van der Waals surface area contributed by atoms with Gasteiger partial charge in [0.25, 0.3) is 5.22 Å². The molecule has 0 radical (unpaired) electrons.